The molecule has 0 saturated carbocycles. The minimum Gasteiger partial charge on any atom is -0.338 e. The number of nitrogens with zero attached hydrogens (tertiary/aromatic N) is 2. The third-order valence-electron chi connectivity index (χ3n) is 3.78. The van der Waals surface area contributed by atoms with Crippen LogP contribution in [-0.4, -0.2) is 16.6 Å². The molecule has 0 saturated heterocycles. The van der Waals surface area contributed by atoms with Crippen molar-refractivity contribution in [2.45, 2.75) is 25.8 Å². The monoisotopic (exact) mass is 257 g/mol. The molecule has 1 aromatic heterocycles. The van der Waals surface area contributed by atoms with E-state index in [2.05, 4.69) is 59.2 Å². The summed E-state index contributed by atoms with van der Waals surface area (Å²) in [7, 11) is 4.09. The summed E-state index contributed by atoms with van der Waals surface area (Å²) in [6.07, 6.45) is 6.03. The molecule has 2 atom stereocenters. The van der Waals surface area contributed by atoms with Crippen LogP contribution in [0.4, 0.5) is 0 Å². The molecule has 0 aliphatic rings. The molecule has 19 heavy (non-hydrogen) atoms. The van der Waals surface area contributed by atoms with E-state index in [1.165, 1.54) is 5.56 Å². The van der Waals surface area contributed by atoms with Gasteiger partial charge in [-0.15, -0.1) is 0 Å². The van der Waals surface area contributed by atoms with Crippen molar-refractivity contribution >= 4 is 0 Å². The van der Waals surface area contributed by atoms with Gasteiger partial charge in [0, 0.05) is 31.9 Å². The first kappa shape index (κ1) is 13.8. The SMILES string of the molecule is CNC(c1ccccc1)C(C)CCc1nccn1C. The lowest BCUT2D eigenvalue weighted by atomic mass is 9.91. The molecular weight excluding hydrogens is 234 g/mol. The number of hydrogen-bond donors (Lipinski definition) is 1. The van der Waals surface area contributed by atoms with Gasteiger partial charge >= 0.3 is 0 Å². The number of hydrogen-bond acceptors (Lipinski definition) is 2. The van der Waals surface area contributed by atoms with Crippen molar-refractivity contribution in [1.29, 1.82) is 0 Å². The van der Waals surface area contributed by atoms with E-state index in [0.717, 1.165) is 18.7 Å². The second-order valence-corrected chi connectivity index (χ2v) is 5.15. The predicted octanol–water partition coefficient (Wildman–Crippen LogP) is 2.95. The van der Waals surface area contributed by atoms with Crippen LogP contribution in [0.5, 0.6) is 0 Å². The second kappa shape index (κ2) is 6.53. The summed E-state index contributed by atoms with van der Waals surface area (Å²) < 4.78 is 2.10. The van der Waals surface area contributed by atoms with Gasteiger partial charge in [-0.1, -0.05) is 37.3 Å². The van der Waals surface area contributed by atoms with E-state index < -0.39 is 0 Å². The molecule has 0 aliphatic carbocycles. The Hall–Kier alpha value is -1.61. The van der Waals surface area contributed by atoms with E-state index in [4.69, 9.17) is 0 Å². The third-order valence-corrected chi connectivity index (χ3v) is 3.78. The van der Waals surface area contributed by atoms with Crippen LogP contribution in [0.1, 0.15) is 30.8 Å². The van der Waals surface area contributed by atoms with Gasteiger partial charge in [0.05, 0.1) is 0 Å². The Morgan fingerprint density at radius 2 is 2.00 bits per heavy atom. The van der Waals surface area contributed by atoms with Crippen LogP contribution in [0, 0.1) is 5.92 Å². The van der Waals surface area contributed by atoms with Crippen LogP contribution in [-0.2, 0) is 13.5 Å². The van der Waals surface area contributed by atoms with Crippen LogP contribution in [0.15, 0.2) is 42.7 Å². The summed E-state index contributed by atoms with van der Waals surface area (Å²) >= 11 is 0. The molecule has 0 amide bonds. The lowest BCUT2D eigenvalue weighted by Gasteiger charge is -2.24. The Bertz CT molecular complexity index is 490. The van der Waals surface area contributed by atoms with Crippen LogP contribution in [0.2, 0.25) is 0 Å². The molecule has 1 heterocycles. The summed E-state index contributed by atoms with van der Waals surface area (Å²) in [6.45, 7) is 2.30. The maximum absolute atomic E-state index is 4.39. The molecular formula is C16H23N3. The number of benzene rings is 1. The highest BCUT2D eigenvalue weighted by molar-refractivity contribution is 5.19. The van der Waals surface area contributed by atoms with Gasteiger partial charge in [-0.2, -0.15) is 0 Å². The normalized spacial score (nSPS) is 14.3. The average molecular weight is 257 g/mol. The van der Waals surface area contributed by atoms with Crippen molar-refractivity contribution in [2.75, 3.05) is 7.05 Å². The van der Waals surface area contributed by atoms with E-state index in [1.807, 2.05) is 19.4 Å². The lowest BCUT2D eigenvalue weighted by Crippen LogP contribution is -2.24. The summed E-state index contributed by atoms with van der Waals surface area (Å²) in [5, 5.41) is 3.44. The first-order valence-corrected chi connectivity index (χ1v) is 6.90. The lowest BCUT2D eigenvalue weighted by molar-refractivity contribution is 0.383. The summed E-state index contributed by atoms with van der Waals surface area (Å²) in [5.41, 5.74) is 1.36. The molecule has 2 aromatic rings. The Labute approximate surface area is 115 Å². The number of rotatable bonds is 6. The highest BCUT2D eigenvalue weighted by Crippen LogP contribution is 2.25. The van der Waals surface area contributed by atoms with Crippen molar-refractivity contribution in [3.05, 3.63) is 54.1 Å². The van der Waals surface area contributed by atoms with Gasteiger partial charge in [-0.3, -0.25) is 0 Å². The molecule has 0 fully saturated rings. The predicted molar refractivity (Wildman–Crippen MR) is 78.9 cm³/mol. The summed E-state index contributed by atoms with van der Waals surface area (Å²) in [5.74, 6) is 1.74. The Kier molecular flexibility index (Phi) is 4.74. The molecule has 2 rings (SSSR count). The van der Waals surface area contributed by atoms with Gasteiger partial charge in [-0.25, -0.2) is 4.98 Å². The quantitative estimate of drug-likeness (QED) is 0.862. The number of nitrogens with one attached hydrogen (secondary N) is 1. The van der Waals surface area contributed by atoms with Crippen molar-refractivity contribution in [3.63, 3.8) is 0 Å². The van der Waals surface area contributed by atoms with Gasteiger partial charge in [0.25, 0.3) is 0 Å². The van der Waals surface area contributed by atoms with Crippen molar-refractivity contribution < 1.29 is 0 Å². The molecule has 0 spiro atoms. The van der Waals surface area contributed by atoms with Crippen LogP contribution in [0.25, 0.3) is 0 Å². The van der Waals surface area contributed by atoms with Crippen LogP contribution < -0.4 is 5.32 Å². The van der Waals surface area contributed by atoms with Gasteiger partial charge in [-0.05, 0) is 24.9 Å². The first-order valence-electron chi connectivity index (χ1n) is 6.90. The molecule has 102 valence electrons. The van der Waals surface area contributed by atoms with E-state index >= 15 is 0 Å². The third kappa shape index (κ3) is 3.44. The molecule has 0 aliphatic heterocycles. The average Bonchev–Trinajstić information content (AvgIpc) is 2.84. The summed E-state index contributed by atoms with van der Waals surface area (Å²) in [6, 6.07) is 11.1. The molecule has 3 nitrogen and oxygen atoms in total. The van der Waals surface area contributed by atoms with Crippen LogP contribution >= 0.6 is 0 Å². The maximum atomic E-state index is 4.39. The molecule has 0 bridgehead atoms. The largest absolute Gasteiger partial charge is 0.338 e. The molecule has 2 unspecified atom stereocenters. The van der Waals surface area contributed by atoms with Gasteiger partial charge in [0.2, 0.25) is 0 Å². The van der Waals surface area contributed by atoms with Crippen molar-refractivity contribution in [2.24, 2.45) is 13.0 Å². The Balaban J connectivity index is 1.98. The van der Waals surface area contributed by atoms with Gasteiger partial charge in [0.15, 0.2) is 0 Å². The maximum Gasteiger partial charge on any atom is 0.108 e. The fraction of sp³-hybridized carbons (Fsp3) is 0.438. The zero-order chi connectivity index (χ0) is 13.7. The highest BCUT2D eigenvalue weighted by Gasteiger charge is 2.17. The standard InChI is InChI=1S/C16H23N3/c1-13(9-10-15-18-11-12-19(15)3)16(17-2)14-7-5-4-6-8-14/h4-8,11-13,16-17H,9-10H2,1-3H3. The topological polar surface area (TPSA) is 29.9 Å². The van der Waals surface area contributed by atoms with Crippen molar-refractivity contribution in [3.8, 4) is 0 Å². The zero-order valence-corrected chi connectivity index (χ0v) is 12.0. The molecule has 0 radical (unpaired) electrons. The minimum atomic E-state index is 0.404. The summed E-state index contributed by atoms with van der Waals surface area (Å²) in [4.78, 5) is 4.39. The fourth-order valence-electron chi connectivity index (χ4n) is 2.60. The number of aryl methyl sites for hydroxylation is 2. The molecule has 1 N–H and O–H groups in total. The van der Waals surface area contributed by atoms with Crippen LogP contribution in [0.3, 0.4) is 0 Å². The van der Waals surface area contributed by atoms with Gasteiger partial charge in [0.1, 0.15) is 5.82 Å². The van der Waals surface area contributed by atoms with E-state index in [9.17, 15) is 0 Å². The number of aromatic nitrogens is 2. The Morgan fingerprint density at radius 3 is 2.58 bits per heavy atom. The van der Waals surface area contributed by atoms with E-state index in [1.54, 1.807) is 0 Å². The highest BCUT2D eigenvalue weighted by atomic mass is 15.0. The fourth-order valence-corrected chi connectivity index (χ4v) is 2.60. The molecule has 3 heteroatoms. The molecule has 1 aromatic carbocycles. The van der Waals surface area contributed by atoms with Crippen molar-refractivity contribution in [1.82, 2.24) is 14.9 Å². The van der Waals surface area contributed by atoms with E-state index in [-0.39, 0.29) is 0 Å². The van der Waals surface area contributed by atoms with Gasteiger partial charge < -0.3 is 9.88 Å². The van der Waals surface area contributed by atoms with E-state index in [0.29, 0.717) is 12.0 Å². The smallest absolute Gasteiger partial charge is 0.108 e. The Morgan fingerprint density at radius 1 is 1.26 bits per heavy atom. The second-order valence-electron chi connectivity index (χ2n) is 5.15. The first-order chi connectivity index (χ1) is 9.22. The number of imidazole rings is 1. The zero-order valence-electron chi connectivity index (χ0n) is 12.0. The minimum absolute atomic E-state index is 0.404.